The largest absolute Gasteiger partial charge is 0.271 e. The number of nitrogens with zero attached hydrogens (tertiary/aromatic N) is 1. The van der Waals surface area contributed by atoms with E-state index in [0.717, 1.165) is 5.56 Å². The van der Waals surface area contributed by atoms with E-state index in [-0.39, 0.29) is 11.7 Å². The van der Waals surface area contributed by atoms with Crippen LogP contribution in [0.25, 0.3) is 0 Å². The first-order valence-corrected chi connectivity index (χ1v) is 5.81. The summed E-state index contributed by atoms with van der Waals surface area (Å²) in [6.45, 7) is 1.85. The Bertz CT molecular complexity index is 623. The van der Waals surface area contributed by atoms with Crippen molar-refractivity contribution in [2.24, 2.45) is 5.10 Å². The predicted molar refractivity (Wildman–Crippen MR) is 72.6 cm³/mol. The molecular weight excluding hydrogens is 243 g/mol. The molecule has 0 saturated heterocycles. The smallest absolute Gasteiger partial charge is 0.267 e. The van der Waals surface area contributed by atoms with E-state index in [4.69, 9.17) is 0 Å². The second-order valence-electron chi connectivity index (χ2n) is 4.07. The van der Waals surface area contributed by atoms with Gasteiger partial charge in [0.2, 0.25) is 0 Å². The van der Waals surface area contributed by atoms with Crippen LogP contribution in [0.1, 0.15) is 21.5 Å². The summed E-state index contributed by atoms with van der Waals surface area (Å²) in [5.74, 6) is -0.625. The van der Waals surface area contributed by atoms with Crippen molar-refractivity contribution in [2.45, 2.75) is 6.92 Å². The third kappa shape index (κ3) is 3.48. The minimum atomic E-state index is -0.339. The molecule has 1 amide bonds. The van der Waals surface area contributed by atoms with Crippen LogP contribution >= 0.6 is 0 Å². The lowest BCUT2D eigenvalue weighted by Gasteiger charge is -2.02. The predicted octanol–water partition coefficient (Wildman–Crippen LogP) is 2.90. The third-order valence-corrected chi connectivity index (χ3v) is 2.62. The number of rotatable bonds is 3. The van der Waals surface area contributed by atoms with Gasteiger partial charge in [0, 0.05) is 5.56 Å². The zero-order valence-electron chi connectivity index (χ0n) is 10.4. The van der Waals surface area contributed by atoms with Crippen molar-refractivity contribution in [3.05, 3.63) is 71.0 Å². The average molecular weight is 256 g/mol. The molecule has 0 bridgehead atoms. The molecule has 3 nitrogen and oxygen atoms in total. The summed E-state index contributed by atoms with van der Waals surface area (Å²) in [6, 6.07) is 13.2. The van der Waals surface area contributed by atoms with Crippen LogP contribution in [0.2, 0.25) is 0 Å². The summed E-state index contributed by atoms with van der Waals surface area (Å²) in [4.78, 5) is 11.8. The minimum Gasteiger partial charge on any atom is -0.267 e. The lowest BCUT2D eigenvalue weighted by molar-refractivity contribution is 0.0954. The van der Waals surface area contributed by atoms with E-state index in [0.29, 0.717) is 11.1 Å². The zero-order chi connectivity index (χ0) is 13.7. The first-order chi connectivity index (χ1) is 9.16. The molecule has 0 saturated carbocycles. The van der Waals surface area contributed by atoms with Gasteiger partial charge >= 0.3 is 0 Å². The van der Waals surface area contributed by atoms with Gasteiger partial charge in [-0.15, -0.1) is 0 Å². The molecular formula is C15H13FN2O. The lowest BCUT2D eigenvalue weighted by Crippen LogP contribution is -2.18. The molecule has 2 aromatic carbocycles. The van der Waals surface area contributed by atoms with Gasteiger partial charge in [0.05, 0.1) is 6.21 Å². The molecule has 2 aromatic rings. The number of aryl methyl sites for hydroxylation is 1. The van der Waals surface area contributed by atoms with Crippen LogP contribution in [0.4, 0.5) is 4.39 Å². The highest BCUT2D eigenvalue weighted by Crippen LogP contribution is 2.06. The van der Waals surface area contributed by atoms with Gasteiger partial charge in [-0.25, -0.2) is 9.82 Å². The summed E-state index contributed by atoms with van der Waals surface area (Å²) in [6.07, 6.45) is 1.40. The van der Waals surface area contributed by atoms with Gasteiger partial charge in [-0.3, -0.25) is 4.79 Å². The minimum absolute atomic E-state index is 0.286. The van der Waals surface area contributed by atoms with Crippen LogP contribution in [-0.2, 0) is 0 Å². The Morgan fingerprint density at radius 2 is 2.00 bits per heavy atom. The Labute approximate surface area is 110 Å². The Morgan fingerprint density at radius 1 is 1.21 bits per heavy atom. The van der Waals surface area contributed by atoms with Crippen molar-refractivity contribution in [3.63, 3.8) is 0 Å². The molecule has 0 radical (unpaired) electrons. The van der Waals surface area contributed by atoms with Crippen LogP contribution < -0.4 is 5.43 Å². The number of halogens is 1. The highest BCUT2D eigenvalue weighted by atomic mass is 19.1. The van der Waals surface area contributed by atoms with Crippen molar-refractivity contribution in [1.82, 2.24) is 5.43 Å². The summed E-state index contributed by atoms with van der Waals surface area (Å²) >= 11 is 0. The zero-order valence-corrected chi connectivity index (χ0v) is 10.4. The fraction of sp³-hybridized carbons (Fsp3) is 0.0667. The van der Waals surface area contributed by atoms with Crippen molar-refractivity contribution in [2.75, 3.05) is 0 Å². The number of benzene rings is 2. The fourth-order valence-electron chi connectivity index (χ4n) is 1.64. The molecule has 2 rings (SSSR count). The topological polar surface area (TPSA) is 41.5 Å². The summed E-state index contributed by atoms with van der Waals surface area (Å²) in [5.41, 5.74) is 4.45. The number of amides is 1. The van der Waals surface area contributed by atoms with Crippen LogP contribution in [0.15, 0.2) is 53.6 Å². The van der Waals surface area contributed by atoms with Crippen LogP contribution in [0.3, 0.4) is 0 Å². The molecule has 19 heavy (non-hydrogen) atoms. The first-order valence-electron chi connectivity index (χ1n) is 5.81. The van der Waals surface area contributed by atoms with E-state index in [1.165, 1.54) is 18.3 Å². The van der Waals surface area contributed by atoms with E-state index in [1.54, 1.807) is 24.3 Å². The van der Waals surface area contributed by atoms with E-state index in [9.17, 15) is 9.18 Å². The monoisotopic (exact) mass is 256 g/mol. The Morgan fingerprint density at radius 3 is 2.74 bits per heavy atom. The normalized spacial score (nSPS) is 10.6. The maximum absolute atomic E-state index is 12.9. The van der Waals surface area contributed by atoms with Crippen molar-refractivity contribution < 1.29 is 9.18 Å². The third-order valence-electron chi connectivity index (χ3n) is 2.62. The quantitative estimate of drug-likeness (QED) is 0.665. The van der Waals surface area contributed by atoms with E-state index in [2.05, 4.69) is 10.5 Å². The molecule has 0 atom stereocenters. The molecule has 0 fully saturated rings. The standard InChI is InChI=1S/C15H13FN2O/c1-11-5-2-3-8-14(11)15(19)18-17-10-12-6-4-7-13(16)9-12/h2-10H,1H3,(H,18,19). The molecule has 0 heterocycles. The lowest BCUT2D eigenvalue weighted by atomic mass is 10.1. The maximum Gasteiger partial charge on any atom is 0.271 e. The highest BCUT2D eigenvalue weighted by molar-refractivity contribution is 5.96. The van der Waals surface area contributed by atoms with Crippen molar-refractivity contribution in [1.29, 1.82) is 0 Å². The Balaban J connectivity index is 2.03. The molecule has 1 N–H and O–H groups in total. The van der Waals surface area contributed by atoms with Crippen molar-refractivity contribution in [3.8, 4) is 0 Å². The SMILES string of the molecule is Cc1ccccc1C(=O)NN=Cc1cccc(F)c1. The Hall–Kier alpha value is -2.49. The summed E-state index contributed by atoms with van der Waals surface area (Å²) in [7, 11) is 0. The molecule has 96 valence electrons. The Kier molecular flexibility index (Phi) is 4.03. The fourth-order valence-corrected chi connectivity index (χ4v) is 1.64. The van der Waals surface area contributed by atoms with Crippen LogP contribution in [-0.4, -0.2) is 12.1 Å². The molecule has 0 aliphatic rings. The average Bonchev–Trinajstić information content (AvgIpc) is 2.39. The van der Waals surface area contributed by atoms with Gasteiger partial charge in [-0.05, 0) is 36.2 Å². The van der Waals surface area contributed by atoms with Crippen molar-refractivity contribution >= 4 is 12.1 Å². The van der Waals surface area contributed by atoms with Gasteiger partial charge in [0.15, 0.2) is 0 Å². The van der Waals surface area contributed by atoms with Gasteiger partial charge in [-0.1, -0.05) is 30.3 Å². The molecule has 0 spiro atoms. The number of hydrazone groups is 1. The van der Waals surface area contributed by atoms with Gasteiger partial charge < -0.3 is 0 Å². The maximum atomic E-state index is 12.9. The molecule has 0 aliphatic heterocycles. The van der Waals surface area contributed by atoms with Gasteiger partial charge in [0.25, 0.3) is 5.91 Å². The highest BCUT2D eigenvalue weighted by Gasteiger charge is 2.05. The van der Waals surface area contributed by atoms with E-state index < -0.39 is 0 Å². The second-order valence-corrected chi connectivity index (χ2v) is 4.07. The van der Waals surface area contributed by atoms with Crippen LogP contribution in [0.5, 0.6) is 0 Å². The molecule has 0 unspecified atom stereocenters. The number of hydrogen-bond acceptors (Lipinski definition) is 2. The second kappa shape index (κ2) is 5.91. The molecule has 0 aromatic heterocycles. The molecule has 0 aliphatic carbocycles. The van der Waals surface area contributed by atoms with Gasteiger partial charge in [-0.2, -0.15) is 5.10 Å². The number of hydrogen-bond donors (Lipinski definition) is 1. The number of carbonyl (C=O) groups excluding carboxylic acids is 1. The van der Waals surface area contributed by atoms with E-state index >= 15 is 0 Å². The molecule has 4 heteroatoms. The summed E-state index contributed by atoms with van der Waals surface area (Å²) in [5, 5.41) is 3.81. The first kappa shape index (κ1) is 13.0. The number of carbonyl (C=O) groups is 1. The van der Waals surface area contributed by atoms with E-state index in [1.807, 2.05) is 19.1 Å². The van der Waals surface area contributed by atoms with Crippen LogP contribution in [0, 0.1) is 12.7 Å². The van der Waals surface area contributed by atoms with Gasteiger partial charge in [0.1, 0.15) is 5.82 Å². The summed E-state index contributed by atoms with van der Waals surface area (Å²) < 4.78 is 12.9. The number of nitrogens with one attached hydrogen (secondary N) is 1.